The van der Waals surface area contributed by atoms with Crippen LogP contribution in [0.3, 0.4) is 0 Å². The topological polar surface area (TPSA) is 82.0 Å². The molecule has 0 aliphatic carbocycles. The van der Waals surface area contributed by atoms with Crippen molar-refractivity contribution in [2.24, 2.45) is 4.99 Å². The molecule has 0 radical (unpaired) electrons. The normalized spacial score (nSPS) is 11.2. The zero-order valence-electron chi connectivity index (χ0n) is 16.0. The van der Waals surface area contributed by atoms with Gasteiger partial charge < -0.3 is 9.47 Å². The standard InChI is InChI=1S/C20H20BrNO5S/c1-5-26-19(24)16-11(3)15(12(4)23)18(28-17(16)20(25)27-6-2)22-14-9-7-8-13(21)10-14/h7-10H,5-6H2,1-4H3. The molecule has 28 heavy (non-hydrogen) atoms. The molecule has 0 amide bonds. The van der Waals surface area contributed by atoms with Crippen LogP contribution in [0.25, 0.3) is 0 Å². The van der Waals surface area contributed by atoms with E-state index in [2.05, 4.69) is 20.9 Å². The first-order valence-corrected chi connectivity index (χ1v) is 10.2. The number of nitrogens with zero attached hydrogens (tertiary/aromatic N) is 1. The van der Waals surface area contributed by atoms with Crippen LogP contribution < -0.4 is 4.67 Å². The van der Waals surface area contributed by atoms with Crippen molar-refractivity contribution in [1.82, 2.24) is 0 Å². The van der Waals surface area contributed by atoms with E-state index in [9.17, 15) is 14.4 Å². The molecule has 8 heteroatoms. The van der Waals surface area contributed by atoms with Gasteiger partial charge in [-0.05, 0) is 51.5 Å². The molecule has 0 bridgehead atoms. The van der Waals surface area contributed by atoms with Crippen LogP contribution in [0.15, 0.2) is 33.7 Å². The van der Waals surface area contributed by atoms with Gasteiger partial charge in [0.15, 0.2) is 5.78 Å². The van der Waals surface area contributed by atoms with E-state index < -0.39 is 11.9 Å². The number of carbonyl (C=O) groups excluding carboxylic acids is 3. The number of carbonyl (C=O) groups is 3. The zero-order valence-corrected chi connectivity index (χ0v) is 18.4. The molecule has 148 valence electrons. The summed E-state index contributed by atoms with van der Waals surface area (Å²) in [4.78, 5) is 42.0. The van der Waals surface area contributed by atoms with Crippen molar-refractivity contribution < 1.29 is 23.9 Å². The first-order chi connectivity index (χ1) is 13.3. The zero-order chi connectivity index (χ0) is 20.8. The van der Waals surface area contributed by atoms with E-state index in [-0.39, 0.29) is 35.0 Å². The fourth-order valence-electron chi connectivity index (χ4n) is 2.60. The summed E-state index contributed by atoms with van der Waals surface area (Å²) < 4.78 is 11.4. The van der Waals surface area contributed by atoms with Gasteiger partial charge in [0.05, 0.1) is 30.0 Å². The fourth-order valence-corrected chi connectivity index (χ4v) is 4.21. The minimum Gasteiger partial charge on any atom is -0.462 e. The number of Topliss-reactive ketones (excluding diaryl/α,β-unsaturated/α-hetero) is 1. The van der Waals surface area contributed by atoms with Crippen molar-refractivity contribution in [2.75, 3.05) is 13.2 Å². The Kier molecular flexibility index (Phi) is 7.65. The van der Waals surface area contributed by atoms with Crippen molar-refractivity contribution in [3.8, 4) is 0 Å². The number of ether oxygens (including phenoxy) is 2. The molecule has 0 saturated heterocycles. The van der Waals surface area contributed by atoms with Gasteiger partial charge in [0.2, 0.25) is 0 Å². The smallest absolute Gasteiger partial charge is 0.349 e. The van der Waals surface area contributed by atoms with E-state index in [1.54, 1.807) is 32.9 Å². The quantitative estimate of drug-likeness (QED) is 0.459. The molecule has 0 aliphatic rings. The van der Waals surface area contributed by atoms with Gasteiger partial charge in [-0.3, -0.25) is 4.79 Å². The molecular weight excluding hydrogens is 446 g/mol. The molecule has 1 aromatic carbocycles. The maximum atomic E-state index is 12.5. The van der Waals surface area contributed by atoms with Crippen LogP contribution in [0.1, 0.15) is 56.7 Å². The van der Waals surface area contributed by atoms with Gasteiger partial charge in [-0.2, -0.15) is 0 Å². The van der Waals surface area contributed by atoms with Crippen molar-refractivity contribution in [3.05, 3.63) is 55.0 Å². The van der Waals surface area contributed by atoms with Crippen LogP contribution >= 0.6 is 27.3 Å². The maximum Gasteiger partial charge on any atom is 0.349 e. The Balaban J connectivity index is 2.87. The second-order valence-electron chi connectivity index (χ2n) is 5.70. The lowest BCUT2D eigenvalue weighted by atomic mass is 10.0. The summed E-state index contributed by atoms with van der Waals surface area (Å²) in [6.45, 7) is 6.65. The summed E-state index contributed by atoms with van der Waals surface area (Å²) in [7, 11) is 0. The Morgan fingerprint density at radius 1 is 1.07 bits per heavy atom. The lowest BCUT2D eigenvalue weighted by molar-refractivity contribution is 0.0482. The molecule has 0 N–H and O–H groups in total. The van der Waals surface area contributed by atoms with Crippen LogP contribution in [0.2, 0.25) is 0 Å². The summed E-state index contributed by atoms with van der Waals surface area (Å²) in [5.41, 5.74) is 1.28. The Hall–Kier alpha value is -2.32. The number of esters is 2. The lowest BCUT2D eigenvalue weighted by Gasteiger charge is -2.13. The van der Waals surface area contributed by atoms with Crippen LogP contribution in [0.4, 0.5) is 5.69 Å². The molecule has 2 aromatic rings. The van der Waals surface area contributed by atoms with Crippen molar-refractivity contribution in [3.63, 3.8) is 0 Å². The molecule has 0 atom stereocenters. The van der Waals surface area contributed by atoms with E-state index in [4.69, 9.17) is 9.47 Å². The van der Waals surface area contributed by atoms with Crippen molar-refractivity contribution >= 4 is 50.7 Å². The third-order valence-corrected chi connectivity index (χ3v) is 5.28. The van der Waals surface area contributed by atoms with Crippen LogP contribution in [-0.4, -0.2) is 30.9 Å². The van der Waals surface area contributed by atoms with Gasteiger partial charge in [0.1, 0.15) is 9.55 Å². The van der Waals surface area contributed by atoms with Gasteiger partial charge in [-0.25, -0.2) is 14.6 Å². The Labute approximate surface area is 175 Å². The molecule has 1 heterocycles. The molecule has 0 spiro atoms. The first kappa shape index (κ1) is 22.0. The number of hydrogen-bond acceptors (Lipinski definition) is 7. The highest BCUT2D eigenvalue weighted by Crippen LogP contribution is 2.24. The molecule has 6 nitrogen and oxygen atoms in total. The summed E-state index contributed by atoms with van der Waals surface area (Å²) in [5.74, 6) is -1.58. The average Bonchev–Trinajstić information content (AvgIpc) is 2.61. The third-order valence-electron chi connectivity index (χ3n) is 3.72. The van der Waals surface area contributed by atoms with Crippen molar-refractivity contribution in [1.29, 1.82) is 0 Å². The predicted octanol–water partition coefficient (Wildman–Crippen LogP) is 4.61. The summed E-state index contributed by atoms with van der Waals surface area (Å²) in [6, 6.07) is 7.23. The summed E-state index contributed by atoms with van der Waals surface area (Å²) in [6.07, 6.45) is 0. The number of ketones is 1. The van der Waals surface area contributed by atoms with E-state index in [0.29, 0.717) is 15.9 Å². The second kappa shape index (κ2) is 9.75. The molecule has 0 aliphatic heterocycles. The average molecular weight is 466 g/mol. The van der Waals surface area contributed by atoms with Gasteiger partial charge in [0.25, 0.3) is 0 Å². The highest BCUT2D eigenvalue weighted by molar-refractivity contribution is 9.10. The third kappa shape index (κ3) is 4.94. The second-order valence-corrected chi connectivity index (χ2v) is 7.61. The number of hydrogen-bond donors (Lipinski definition) is 0. The van der Waals surface area contributed by atoms with E-state index in [1.807, 2.05) is 12.1 Å². The first-order valence-electron chi connectivity index (χ1n) is 8.63. The van der Waals surface area contributed by atoms with Gasteiger partial charge in [-0.15, -0.1) is 11.3 Å². The lowest BCUT2D eigenvalue weighted by Crippen LogP contribution is -2.22. The SMILES string of the molecule is CCOC(=O)c1sc(=Nc2cccc(Br)c2)c(C(C)=O)c(C)c1C(=O)OCC. The number of benzene rings is 1. The van der Waals surface area contributed by atoms with Gasteiger partial charge >= 0.3 is 11.9 Å². The molecule has 0 unspecified atom stereocenters. The highest BCUT2D eigenvalue weighted by atomic mass is 79.9. The van der Waals surface area contributed by atoms with Gasteiger partial charge in [-0.1, -0.05) is 22.0 Å². The molecule has 2 rings (SSSR count). The monoisotopic (exact) mass is 465 g/mol. The molecular formula is C20H20BrNO5S. The van der Waals surface area contributed by atoms with E-state index >= 15 is 0 Å². The summed E-state index contributed by atoms with van der Waals surface area (Å²) >= 11 is 4.33. The Morgan fingerprint density at radius 3 is 2.29 bits per heavy atom. The predicted molar refractivity (Wildman–Crippen MR) is 110 cm³/mol. The Morgan fingerprint density at radius 2 is 1.71 bits per heavy atom. The molecule has 0 saturated carbocycles. The van der Waals surface area contributed by atoms with Crippen LogP contribution in [0, 0.1) is 6.92 Å². The number of rotatable bonds is 6. The fraction of sp³-hybridized carbons (Fsp3) is 0.300. The summed E-state index contributed by atoms with van der Waals surface area (Å²) in [5, 5.41) is 0. The molecule has 0 fully saturated rings. The largest absolute Gasteiger partial charge is 0.462 e. The van der Waals surface area contributed by atoms with E-state index in [1.165, 1.54) is 6.92 Å². The minimum absolute atomic E-state index is 0.0451. The van der Waals surface area contributed by atoms with Crippen molar-refractivity contribution in [2.45, 2.75) is 27.7 Å². The van der Waals surface area contributed by atoms with Gasteiger partial charge in [0, 0.05) is 4.47 Å². The highest BCUT2D eigenvalue weighted by Gasteiger charge is 2.27. The van der Waals surface area contributed by atoms with E-state index in [0.717, 1.165) is 15.8 Å². The molecule has 1 aromatic heterocycles. The number of halogens is 1. The Bertz CT molecular complexity index is 997. The van der Waals surface area contributed by atoms with Crippen LogP contribution in [0.5, 0.6) is 0 Å². The minimum atomic E-state index is -0.671. The van der Waals surface area contributed by atoms with Crippen LogP contribution in [-0.2, 0) is 9.47 Å². The maximum absolute atomic E-state index is 12.5.